The van der Waals surface area contributed by atoms with Crippen LogP contribution in [0.2, 0.25) is 0 Å². The molecule has 0 aromatic carbocycles. The van der Waals surface area contributed by atoms with E-state index in [-0.39, 0.29) is 12.5 Å². The van der Waals surface area contributed by atoms with Gasteiger partial charge in [0.05, 0.1) is 26.0 Å². The molecule has 1 aliphatic rings. The van der Waals surface area contributed by atoms with Crippen molar-refractivity contribution in [1.29, 1.82) is 0 Å². The molecule has 2 aromatic rings. The molecule has 0 aliphatic carbocycles. The summed E-state index contributed by atoms with van der Waals surface area (Å²) in [6, 6.07) is 0. The average Bonchev–Trinajstić information content (AvgIpc) is 3.09. The molecule has 0 radical (unpaired) electrons. The zero-order valence-electron chi connectivity index (χ0n) is 14.6. The number of carbonyl (C=O) groups is 1. The number of anilines is 2. The van der Waals surface area contributed by atoms with Gasteiger partial charge in [-0.15, -0.1) is 0 Å². The van der Waals surface area contributed by atoms with Gasteiger partial charge in [-0.3, -0.25) is 4.79 Å². The Morgan fingerprint density at radius 2 is 2.15 bits per heavy atom. The monoisotopic (exact) mass is 379 g/mol. The first-order chi connectivity index (χ1) is 12.6. The Bertz CT molecular complexity index is 761. The third kappa shape index (κ3) is 4.23. The summed E-state index contributed by atoms with van der Waals surface area (Å²) in [5.41, 5.74) is 5.75. The number of hydrogen-bond donors (Lipinski definition) is 2. The third-order valence-corrected chi connectivity index (χ3v) is 4.78. The van der Waals surface area contributed by atoms with Crippen molar-refractivity contribution in [3.8, 4) is 5.88 Å². The fourth-order valence-corrected chi connectivity index (χ4v) is 3.17. The topological polar surface area (TPSA) is 123 Å². The van der Waals surface area contributed by atoms with E-state index >= 15 is 0 Å². The van der Waals surface area contributed by atoms with E-state index in [0.29, 0.717) is 21.7 Å². The van der Waals surface area contributed by atoms with Crippen LogP contribution in [0, 0.1) is 0 Å². The van der Waals surface area contributed by atoms with Gasteiger partial charge in [0.2, 0.25) is 11.0 Å². The van der Waals surface area contributed by atoms with E-state index in [1.165, 1.54) is 18.0 Å². The molecule has 0 spiro atoms. The molecule has 11 heteroatoms. The molecular formula is C15H21N7O3S. The van der Waals surface area contributed by atoms with E-state index in [2.05, 4.69) is 37.3 Å². The molecule has 0 saturated carbocycles. The minimum absolute atomic E-state index is 0.122. The van der Waals surface area contributed by atoms with E-state index in [1.54, 1.807) is 13.3 Å². The number of nitrogens with zero attached hydrogens (tertiary/aromatic N) is 5. The van der Waals surface area contributed by atoms with Gasteiger partial charge in [-0.25, -0.2) is 9.97 Å². The molecule has 1 aliphatic heterocycles. The summed E-state index contributed by atoms with van der Waals surface area (Å²) >= 11 is 1.19. The molecule has 1 fully saturated rings. The Hall–Kier alpha value is -2.37. The van der Waals surface area contributed by atoms with Gasteiger partial charge in [0.25, 0.3) is 5.88 Å². The predicted molar refractivity (Wildman–Crippen MR) is 96.6 cm³/mol. The van der Waals surface area contributed by atoms with Crippen LogP contribution in [0.1, 0.15) is 0 Å². The lowest BCUT2D eigenvalue weighted by Crippen LogP contribution is -2.45. The van der Waals surface area contributed by atoms with Gasteiger partial charge in [0.1, 0.15) is 10.7 Å². The van der Waals surface area contributed by atoms with Crippen LogP contribution < -0.4 is 20.7 Å². The summed E-state index contributed by atoms with van der Waals surface area (Å²) in [6.45, 7) is 3.53. The quantitative estimate of drug-likeness (QED) is 0.723. The van der Waals surface area contributed by atoms with Crippen molar-refractivity contribution < 1.29 is 14.1 Å². The number of methoxy groups -OCH3 is 1. The second-order valence-corrected chi connectivity index (χ2v) is 6.71. The lowest BCUT2D eigenvalue weighted by atomic mass is 10.3. The van der Waals surface area contributed by atoms with Crippen LogP contribution in [0.3, 0.4) is 0 Å². The Balaban J connectivity index is 1.76. The molecule has 0 atom stereocenters. The number of nitrogens with two attached hydrogens (primary N) is 1. The lowest BCUT2D eigenvalue weighted by molar-refractivity contribution is -0.114. The van der Waals surface area contributed by atoms with Crippen molar-refractivity contribution in [2.24, 2.45) is 5.73 Å². The number of amides is 1. The normalized spacial score (nSPS) is 15.1. The zero-order chi connectivity index (χ0) is 18.5. The Morgan fingerprint density at radius 1 is 1.38 bits per heavy atom. The largest absolute Gasteiger partial charge is 0.478 e. The fraction of sp³-hybridized carbons (Fsp3) is 0.467. The van der Waals surface area contributed by atoms with Gasteiger partial charge in [-0.1, -0.05) is 5.16 Å². The van der Waals surface area contributed by atoms with Crippen LogP contribution >= 0.6 is 11.8 Å². The molecule has 1 saturated heterocycles. The number of rotatable bonds is 6. The van der Waals surface area contributed by atoms with Crippen molar-refractivity contribution in [2.75, 3.05) is 57.1 Å². The fourth-order valence-electron chi connectivity index (χ4n) is 2.45. The Kier molecular flexibility index (Phi) is 5.91. The van der Waals surface area contributed by atoms with Gasteiger partial charge in [0.15, 0.2) is 5.82 Å². The lowest BCUT2D eigenvalue weighted by Gasteiger charge is -2.33. The Morgan fingerprint density at radius 3 is 2.85 bits per heavy atom. The number of ether oxygens (including phenoxy) is 1. The first-order valence-corrected chi connectivity index (χ1v) is 8.89. The van der Waals surface area contributed by atoms with Gasteiger partial charge >= 0.3 is 0 Å². The highest BCUT2D eigenvalue weighted by atomic mass is 32.2. The summed E-state index contributed by atoms with van der Waals surface area (Å²) in [7, 11) is 3.66. The third-order valence-electron chi connectivity index (χ3n) is 3.89. The summed E-state index contributed by atoms with van der Waals surface area (Å²) in [4.78, 5) is 24.9. The maximum atomic E-state index is 11.5. The first kappa shape index (κ1) is 18.4. The number of nitrogens with one attached hydrogen (secondary N) is 1. The molecule has 0 bridgehead atoms. The summed E-state index contributed by atoms with van der Waals surface area (Å²) in [6.07, 6.45) is 3.07. The van der Waals surface area contributed by atoms with E-state index in [4.69, 9.17) is 15.0 Å². The number of carbonyl (C=O) groups excluding carboxylic acids is 1. The van der Waals surface area contributed by atoms with Crippen LogP contribution in [0.4, 0.5) is 11.5 Å². The number of piperazine rings is 1. The highest BCUT2D eigenvalue weighted by molar-refractivity contribution is 7.99. The summed E-state index contributed by atoms with van der Waals surface area (Å²) in [5.74, 6) is 0.843. The molecule has 2 aromatic heterocycles. The average molecular weight is 379 g/mol. The van der Waals surface area contributed by atoms with Crippen LogP contribution in [0.5, 0.6) is 5.88 Å². The molecule has 3 N–H and O–H groups in total. The minimum atomic E-state index is -0.330. The Labute approximate surface area is 155 Å². The number of hydrogen-bond acceptors (Lipinski definition) is 10. The molecule has 10 nitrogen and oxygen atoms in total. The van der Waals surface area contributed by atoms with Crippen LogP contribution in [0.15, 0.2) is 27.0 Å². The minimum Gasteiger partial charge on any atom is -0.478 e. The highest BCUT2D eigenvalue weighted by Crippen LogP contribution is 2.34. The first-order valence-electron chi connectivity index (χ1n) is 8.07. The summed E-state index contributed by atoms with van der Waals surface area (Å²) in [5, 5.41) is 7.29. The van der Waals surface area contributed by atoms with Gasteiger partial charge in [-0.2, -0.15) is 0 Å². The molecule has 26 heavy (non-hydrogen) atoms. The van der Waals surface area contributed by atoms with Crippen molar-refractivity contribution in [3.05, 3.63) is 12.4 Å². The second kappa shape index (κ2) is 8.34. The van der Waals surface area contributed by atoms with E-state index in [9.17, 15) is 4.79 Å². The smallest absolute Gasteiger partial charge is 0.258 e. The van der Waals surface area contributed by atoms with Crippen molar-refractivity contribution in [2.45, 2.75) is 10.1 Å². The molecule has 140 valence electrons. The number of aromatic nitrogens is 3. The molecular weight excluding hydrogens is 358 g/mol. The maximum absolute atomic E-state index is 11.5. The molecule has 1 amide bonds. The summed E-state index contributed by atoms with van der Waals surface area (Å²) < 4.78 is 10.6. The van der Waals surface area contributed by atoms with E-state index in [0.717, 1.165) is 32.0 Å². The predicted octanol–water partition coefficient (Wildman–Crippen LogP) is 0.273. The van der Waals surface area contributed by atoms with E-state index in [1.807, 2.05) is 0 Å². The van der Waals surface area contributed by atoms with E-state index < -0.39 is 0 Å². The molecule has 0 unspecified atom stereocenters. The van der Waals surface area contributed by atoms with Crippen molar-refractivity contribution in [3.63, 3.8) is 0 Å². The zero-order valence-corrected chi connectivity index (χ0v) is 15.5. The van der Waals surface area contributed by atoms with Gasteiger partial charge in [0, 0.05) is 26.2 Å². The standard InChI is InChI=1S/C15H21N7O3S/c1-21-3-5-22(6-4-21)13-14(24-2)20-12(9-17-13)26-15-10(8-18-25-15)19-11(23)7-16/h8-9H,3-7,16H2,1-2H3,(H,19,23). The van der Waals surface area contributed by atoms with Gasteiger partial charge in [-0.05, 0) is 18.8 Å². The van der Waals surface area contributed by atoms with Crippen molar-refractivity contribution in [1.82, 2.24) is 20.0 Å². The SMILES string of the molecule is COc1nc(Sc2oncc2NC(=O)CN)cnc1N1CCN(C)CC1. The second-order valence-electron chi connectivity index (χ2n) is 5.71. The van der Waals surface area contributed by atoms with Crippen molar-refractivity contribution >= 4 is 29.2 Å². The maximum Gasteiger partial charge on any atom is 0.258 e. The van der Waals surface area contributed by atoms with Crippen LogP contribution in [-0.2, 0) is 4.79 Å². The molecule has 3 rings (SSSR count). The van der Waals surface area contributed by atoms with Crippen LogP contribution in [0.25, 0.3) is 0 Å². The van der Waals surface area contributed by atoms with Gasteiger partial charge < -0.3 is 30.1 Å². The molecule has 3 heterocycles. The highest BCUT2D eigenvalue weighted by Gasteiger charge is 2.21. The number of likely N-dealkylation sites (N-methyl/N-ethyl adjacent to an activating group) is 1. The van der Waals surface area contributed by atoms with Crippen LogP contribution in [-0.4, -0.2) is 72.8 Å².